The quantitative estimate of drug-likeness (QED) is 0.138. The molecule has 3 heteroatoms. The van der Waals surface area contributed by atoms with E-state index >= 15 is 0 Å². The van der Waals surface area contributed by atoms with Crippen LogP contribution in [0.1, 0.15) is 85.5 Å². The zero-order valence-electron chi connectivity index (χ0n) is 24.7. The minimum Gasteiger partial charge on any atom is -0.378 e. The maximum Gasteiger partial charge on any atom is 0.0925 e. The van der Waals surface area contributed by atoms with E-state index in [1.54, 1.807) is 0 Å². The highest BCUT2D eigenvalue weighted by molar-refractivity contribution is 5.82. The molecule has 4 rings (SSSR count). The van der Waals surface area contributed by atoms with Crippen LogP contribution in [0.25, 0.3) is 34.1 Å². The summed E-state index contributed by atoms with van der Waals surface area (Å²) in [5, 5.41) is 3.72. The third-order valence-corrected chi connectivity index (χ3v) is 7.44. The van der Waals surface area contributed by atoms with Crippen LogP contribution in [0.4, 0.5) is 0 Å². The molecule has 0 spiro atoms. The molecule has 3 nitrogen and oxygen atoms in total. The van der Waals surface area contributed by atoms with Crippen molar-refractivity contribution < 1.29 is 0 Å². The monoisotopic (exact) mass is 529 g/mol. The summed E-state index contributed by atoms with van der Waals surface area (Å²) >= 11 is 0. The third kappa shape index (κ3) is 7.15. The van der Waals surface area contributed by atoms with E-state index in [0.717, 1.165) is 77.8 Å². The van der Waals surface area contributed by atoms with Crippen molar-refractivity contribution in [1.29, 1.82) is 0 Å². The first-order valence-electron chi connectivity index (χ1n) is 14.5. The first kappa shape index (κ1) is 29.0. The van der Waals surface area contributed by atoms with Crippen molar-refractivity contribution in [3.05, 3.63) is 119 Å². The molecule has 0 aliphatic carbocycles. The Kier molecular flexibility index (Phi) is 9.71. The molecule has 1 unspecified atom stereocenters. The fourth-order valence-electron chi connectivity index (χ4n) is 5.19. The van der Waals surface area contributed by atoms with E-state index in [4.69, 9.17) is 9.97 Å². The van der Waals surface area contributed by atoms with E-state index in [1.807, 2.05) is 6.08 Å². The van der Waals surface area contributed by atoms with Gasteiger partial charge in [0, 0.05) is 11.3 Å². The summed E-state index contributed by atoms with van der Waals surface area (Å²) in [5.74, 6) is 0. The minimum atomic E-state index is 0.153. The summed E-state index contributed by atoms with van der Waals surface area (Å²) in [5.41, 5.74) is 13.0. The van der Waals surface area contributed by atoms with E-state index < -0.39 is 0 Å². The van der Waals surface area contributed by atoms with Gasteiger partial charge in [-0.2, -0.15) is 0 Å². The number of hydrogen-bond acceptors (Lipinski definition) is 3. The van der Waals surface area contributed by atoms with Crippen LogP contribution in [0.15, 0.2) is 86.0 Å². The van der Waals surface area contributed by atoms with Gasteiger partial charge in [-0.25, -0.2) is 9.97 Å². The van der Waals surface area contributed by atoms with Crippen LogP contribution in [-0.2, 0) is 6.42 Å². The van der Waals surface area contributed by atoms with Crippen molar-refractivity contribution in [3.8, 4) is 11.3 Å². The molecule has 0 radical (unpaired) electrons. The number of nitrogens with one attached hydrogen (secondary N) is 1. The highest BCUT2D eigenvalue weighted by atomic mass is 14.9. The van der Waals surface area contributed by atoms with Gasteiger partial charge in [0.2, 0.25) is 0 Å². The molecule has 3 aromatic carbocycles. The van der Waals surface area contributed by atoms with Gasteiger partial charge in [-0.15, -0.1) is 6.58 Å². The third-order valence-electron chi connectivity index (χ3n) is 7.44. The van der Waals surface area contributed by atoms with Crippen LogP contribution in [0.5, 0.6) is 0 Å². The predicted octanol–water partition coefficient (Wildman–Crippen LogP) is 9.95. The molecule has 0 bridgehead atoms. The van der Waals surface area contributed by atoms with E-state index in [1.165, 1.54) is 27.8 Å². The Bertz CT molecular complexity index is 1510. The summed E-state index contributed by atoms with van der Waals surface area (Å²) in [6, 6.07) is 21.6. The molecule has 40 heavy (non-hydrogen) atoms. The normalized spacial score (nSPS) is 11.8. The van der Waals surface area contributed by atoms with Crippen LogP contribution in [0.3, 0.4) is 0 Å². The maximum absolute atomic E-state index is 5.18. The summed E-state index contributed by atoms with van der Waals surface area (Å²) in [4.78, 5) is 10.3. The van der Waals surface area contributed by atoms with Crippen molar-refractivity contribution in [3.63, 3.8) is 0 Å². The van der Waals surface area contributed by atoms with Crippen molar-refractivity contribution >= 4 is 22.8 Å². The number of hydrogen-bond donors (Lipinski definition) is 1. The highest BCUT2D eigenvalue weighted by Gasteiger charge is 2.16. The highest BCUT2D eigenvalue weighted by Crippen LogP contribution is 2.29. The Hall–Kier alpha value is -3.98. The Morgan fingerprint density at radius 3 is 2.35 bits per heavy atom. The molecule has 0 aliphatic heterocycles. The molecule has 1 aromatic heterocycles. The van der Waals surface area contributed by atoms with E-state index in [9.17, 15) is 0 Å². The van der Waals surface area contributed by atoms with Crippen LogP contribution >= 0.6 is 0 Å². The van der Waals surface area contributed by atoms with Crippen molar-refractivity contribution in [1.82, 2.24) is 15.3 Å². The summed E-state index contributed by atoms with van der Waals surface area (Å²) < 4.78 is 0. The number of fused-ring (bicyclic) bond motifs is 1. The molecule has 0 aliphatic rings. The second-order valence-electron chi connectivity index (χ2n) is 11.1. The topological polar surface area (TPSA) is 37.8 Å². The Labute approximate surface area is 240 Å². The lowest BCUT2D eigenvalue weighted by atomic mass is 9.94. The fourth-order valence-corrected chi connectivity index (χ4v) is 5.19. The van der Waals surface area contributed by atoms with Gasteiger partial charge in [-0.3, -0.25) is 0 Å². The van der Waals surface area contributed by atoms with Gasteiger partial charge in [0.1, 0.15) is 0 Å². The molecule has 0 saturated carbocycles. The first-order valence-corrected chi connectivity index (χ1v) is 14.5. The number of rotatable bonds is 13. The van der Waals surface area contributed by atoms with E-state index in [2.05, 4.69) is 113 Å². The number of aromatic nitrogens is 2. The molecule has 1 N–H and O–H groups in total. The minimum absolute atomic E-state index is 0.153. The number of unbranched alkanes of at least 4 members (excludes halogenated alkanes) is 1. The van der Waals surface area contributed by atoms with Gasteiger partial charge < -0.3 is 5.32 Å². The van der Waals surface area contributed by atoms with Crippen LogP contribution in [0, 0.1) is 13.8 Å². The largest absolute Gasteiger partial charge is 0.378 e. The SMILES string of the molecule is C=Cc1cc(C)ccc1C(CCC)NC(=C)c1ccc2nc(-c3ccc(C)cc3)c(CCCCC(=C)C)nc2c1. The summed E-state index contributed by atoms with van der Waals surface area (Å²) in [6.45, 7) is 21.1. The molecule has 1 atom stereocenters. The molecule has 4 aromatic rings. The summed E-state index contributed by atoms with van der Waals surface area (Å²) in [7, 11) is 0. The van der Waals surface area contributed by atoms with Gasteiger partial charge in [0.05, 0.1) is 28.5 Å². The van der Waals surface area contributed by atoms with Gasteiger partial charge in [-0.1, -0.05) is 97.8 Å². The standard InChI is InChI=1S/C37H43N3/c1-8-12-33(32-21-17-27(6)23-29(32)9-2)38-28(7)31-20-22-34-36(24-31)39-35(14-11-10-13-25(3)4)37(40-34)30-18-15-26(5)16-19-30/h9,15-24,33,38H,2-3,7-8,10-14H2,1,4-6H3. The van der Waals surface area contributed by atoms with Crippen molar-refractivity contribution in [2.75, 3.05) is 0 Å². The van der Waals surface area contributed by atoms with Gasteiger partial charge in [-0.05, 0) is 81.7 Å². The van der Waals surface area contributed by atoms with Crippen LogP contribution in [0.2, 0.25) is 0 Å². The van der Waals surface area contributed by atoms with Crippen molar-refractivity contribution in [2.45, 2.75) is 72.3 Å². The van der Waals surface area contributed by atoms with E-state index in [0.29, 0.717) is 0 Å². The smallest absolute Gasteiger partial charge is 0.0925 e. The van der Waals surface area contributed by atoms with Crippen molar-refractivity contribution in [2.24, 2.45) is 0 Å². The number of benzene rings is 3. The Morgan fingerprint density at radius 2 is 1.65 bits per heavy atom. The van der Waals surface area contributed by atoms with Gasteiger partial charge >= 0.3 is 0 Å². The van der Waals surface area contributed by atoms with Crippen LogP contribution in [-0.4, -0.2) is 9.97 Å². The second kappa shape index (κ2) is 13.4. The average molecular weight is 530 g/mol. The Morgan fingerprint density at radius 1 is 0.900 bits per heavy atom. The molecule has 0 fully saturated rings. The predicted molar refractivity (Wildman–Crippen MR) is 173 cm³/mol. The molecule has 1 heterocycles. The second-order valence-corrected chi connectivity index (χ2v) is 11.1. The lowest BCUT2D eigenvalue weighted by Gasteiger charge is -2.24. The fraction of sp³-hybridized carbons (Fsp3) is 0.297. The number of nitrogens with zero attached hydrogens (tertiary/aromatic N) is 2. The molecular weight excluding hydrogens is 486 g/mol. The molecule has 0 amide bonds. The van der Waals surface area contributed by atoms with E-state index in [-0.39, 0.29) is 6.04 Å². The Balaban J connectivity index is 1.66. The zero-order chi connectivity index (χ0) is 28.6. The van der Waals surface area contributed by atoms with Gasteiger partial charge in [0.25, 0.3) is 0 Å². The summed E-state index contributed by atoms with van der Waals surface area (Å²) in [6.07, 6.45) is 8.11. The lowest BCUT2D eigenvalue weighted by molar-refractivity contribution is 0.571. The zero-order valence-corrected chi connectivity index (χ0v) is 24.7. The number of allylic oxidation sites excluding steroid dienone is 1. The lowest BCUT2D eigenvalue weighted by Crippen LogP contribution is -2.20. The average Bonchev–Trinajstić information content (AvgIpc) is 2.94. The van der Waals surface area contributed by atoms with Gasteiger partial charge in [0.15, 0.2) is 0 Å². The maximum atomic E-state index is 5.18. The molecule has 206 valence electrons. The first-order chi connectivity index (χ1) is 19.3. The molecule has 0 saturated heterocycles. The molecular formula is C37H43N3. The van der Waals surface area contributed by atoms with Crippen LogP contribution < -0.4 is 5.32 Å². The number of aryl methyl sites for hydroxylation is 3.